The number of amides is 2. The Bertz CT molecular complexity index is 803. The van der Waals surface area contributed by atoms with Gasteiger partial charge in [-0.2, -0.15) is 0 Å². The average Bonchev–Trinajstić information content (AvgIpc) is 3.07. The van der Waals surface area contributed by atoms with Crippen molar-refractivity contribution < 1.29 is 19.1 Å². The fourth-order valence-corrected chi connectivity index (χ4v) is 2.85. The molecule has 0 radical (unpaired) electrons. The molecule has 0 aliphatic carbocycles. The minimum atomic E-state index is -1.26. The van der Waals surface area contributed by atoms with Crippen LogP contribution in [0.2, 0.25) is 0 Å². The third-order valence-corrected chi connectivity index (χ3v) is 4.26. The summed E-state index contributed by atoms with van der Waals surface area (Å²) >= 11 is 0. The smallest absolute Gasteiger partial charge is 0.355 e. The Labute approximate surface area is 136 Å². The van der Waals surface area contributed by atoms with E-state index in [0.717, 1.165) is 23.1 Å². The molecule has 0 unspecified atom stereocenters. The fourth-order valence-electron chi connectivity index (χ4n) is 2.85. The van der Waals surface area contributed by atoms with Gasteiger partial charge in [0.1, 0.15) is 5.92 Å². The number of carbonyl (C=O) groups is 3. The molecule has 3 rings (SSSR count). The van der Waals surface area contributed by atoms with Crippen molar-refractivity contribution in [2.45, 2.75) is 19.9 Å². The molecular weight excluding hydrogens is 316 g/mol. The van der Waals surface area contributed by atoms with Crippen LogP contribution in [0.25, 0.3) is 0 Å². The quantitative estimate of drug-likeness (QED) is 0.458. The standard InChI is InChI=1S/C15H14N4O5/c1-7-4-5-9(6-8(7)2)18-13(20)10-11(15(22)24-3)16-19(17-23)12(10)14(18)21/h4-6,10,12H,1-3H3/t10-,12-/m0/s1. The number of benzene rings is 1. The fraction of sp³-hybridized carbons (Fsp3) is 0.333. The summed E-state index contributed by atoms with van der Waals surface area (Å²) in [5.41, 5.74) is 1.98. The highest BCUT2D eigenvalue weighted by Gasteiger charge is 2.59. The van der Waals surface area contributed by atoms with Crippen LogP contribution in [0, 0.1) is 24.7 Å². The molecule has 0 aromatic heterocycles. The molecule has 0 saturated carbocycles. The first-order valence-electron chi connectivity index (χ1n) is 7.15. The number of hydrogen-bond donors (Lipinski definition) is 0. The second kappa shape index (κ2) is 5.52. The van der Waals surface area contributed by atoms with Gasteiger partial charge in [0, 0.05) is 0 Å². The highest BCUT2D eigenvalue weighted by Crippen LogP contribution is 2.35. The van der Waals surface area contributed by atoms with Crippen molar-refractivity contribution >= 4 is 29.2 Å². The number of carbonyl (C=O) groups excluding carboxylic acids is 3. The lowest BCUT2D eigenvalue weighted by molar-refractivity contribution is -0.133. The molecule has 2 aliphatic rings. The summed E-state index contributed by atoms with van der Waals surface area (Å²) in [6.07, 6.45) is 0. The van der Waals surface area contributed by atoms with Gasteiger partial charge in [0.25, 0.3) is 5.91 Å². The molecule has 9 heteroatoms. The number of aryl methyl sites for hydroxylation is 2. The van der Waals surface area contributed by atoms with Crippen LogP contribution in [0.4, 0.5) is 5.69 Å². The number of hydrazone groups is 1. The molecule has 124 valence electrons. The van der Waals surface area contributed by atoms with E-state index in [1.165, 1.54) is 0 Å². The third-order valence-electron chi connectivity index (χ3n) is 4.26. The Kier molecular flexibility index (Phi) is 3.63. The van der Waals surface area contributed by atoms with Gasteiger partial charge in [0.05, 0.1) is 18.1 Å². The van der Waals surface area contributed by atoms with Gasteiger partial charge in [-0.15, -0.1) is 15.1 Å². The second-order valence-electron chi connectivity index (χ2n) is 5.58. The Morgan fingerprint density at radius 3 is 2.50 bits per heavy atom. The number of imide groups is 1. The third kappa shape index (κ3) is 2.08. The van der Waals surface area contributed by atoms with Crippen LogP contribution >= 0.6 is 0 Å². The lowest BCUT2D eigenvalue weighted by Gasteiger charge is -2.17. The number of nitroso groups, excluding NO2 is 1. The van der Waals surface area contributed by atoms with Gasteiger partial charge in [-0.1, -0.05) is 6.07 Å². The molecule has 9 nitrogen and oxygen atoms in total. The van der Waals surface area contributed by atoms with Crippen LogP contribution in [-0.2, 0) is 19.1 Å². The molecular formula is C15H14N4O5. The van der Waals surface area contributed by atoms with E-state index in [-0.39, 0.29) is 5.71 Å². The monoisotopic (exact) mass is 330 g/mol. The zero-order chi connectivity index (χ0) is 17.6. The van der Waals surface area contributed by atoms with E-state index in [4.69, 9.17) is 0 Å². The molecule has 0 bridgehead atoms. The molecule has 1 saturated heterocycles. The van der Waals surface area contributed by atoms with Crippen molar-refractivity contribution in [3.8, 4) is 0 Å². The zero-order valence-corrected chi connectivity index (χ0v) is 13.2. The highest BCUT2D eigenvalue weighted by atomic mass is 16.5. The van der Waals surface area contributed by atoms with Crippen molar-refractivity contribution in [2.24, 2.45) is 16.3 Å². The molecule has 24 heavy (non-hydrogen) atoms. The summed E-state index contributed by atoms with van der Waals surface area (Å²) in [7, 11) is 1.12. The molecule has 1 aromatic carbocycles. The molecule has 2 amide bonds. The second-order valence-corrected chi connectivity index (χ2v) is 5.58. The number of anilines is 1. The summed E-state index contributed by atoms with van der Waals surface area (Å²) in [4.78, 5) is 49.1. The summed E-state index contributed by atoms with van der Waals surface area (Å²) in [5.74, 6) is -3.37. The highest BCUT2D eigenvalue weighted by molar-refractivity contribution is 6.46. The first-order valence-corrected chi connectivity index (χ1v) is 7.15. The number of nitrogens with zero attached hydrogens (tertiary/aromatic N) is 4. The van der Waals surface area contributed by atoms with Gasteiger partial charge in [-0.3, -0.25) is 9.59 Å². The number of ether oxygens (including phenoxy) is 1. The molecule has 2 heterocycles. The summed E-state index contributed by atoms with van der Waals surface area (Å²) in [6.45, 7) is 3.76. The maximum atomic E-state index is 12.7. The molecule has 1 fully saturated rings. The molecule has 1 aromatic rings. The predicted molar refractivity (Wildman–Crippen MR) is 82.8 cm³/mol. The molecule has 2 aliphatic heterocycles. The van der Waals surface area contributed by atoms with Crippen LogP contribution in [0.1, 0.15) is 11.1 Å². The minimum Gasteiger partial charge on any atom is -0.464 e. The van der Waals surface area contributed by atoms with E-state index in [1.54, 1.807) is 18.2 Å². The van der Waals surface area contributed by atoms with Gasteiger partial charge in [-0.25, -0.2) is 9.69 Å². The SMILES string of the molecule is COC(=O)C1=NN(N=O)[C@@H]2C(=O)N(c3ccc(C)c(C)c3)C(=O)[C@@H]12. The predicted octanol–water partition coefficient (Wildman–Crippen LogP) is 0.687. The van der Waals surface area contributed by atoms with Crippen molar-refractivity contribution in [3.63, 3.8) is 0 Å². The van der Waals surface area contributed by atoms with Crippen molar-refractivity contribution in [1.82, 2.24) is 5.12 Å². The summed E-state index contributed by atoms with van der Waals surface area (Å²) in [6, 6.07) is 3.85. The van der Waals surface area contributed by atoms with Gasteiger partial charge in [0.2, 0.25) is 5.91 Å². The van der Waals surface area contributed by atoms with Gasteiger partial charge < -0.3 is 4.74 Å². The number of hydrogen-bond acceptors (Lipinski definition) is 7. The lowest BCUT2D eigenvalue weighted by Crippen LogP contribution is -2.36. The van der Waals surface area contributed by atoms with E-state index in [0.29, 0.717) is 10.8 Å². The number of fused-ring (bicyclic) bond motifs is 1. The van der Waals surface area contributed by atoms with E-state index in [1.807, 2.05) is 13.8 Å². The van der Waals surface area contributed by atoms with E-state index >= 15 is 0 Å². The van der Waals surface area contributed by atoms with E-state index in [9.17, 15) is 19.3 Å². The normalized spacial score (nSPS) is 22.5. The Hall–Kier alpha value is -3.10. The van der Waals surface area contributed by atoms with Crippen molar-refractivity contribution in [3.05, 3.63) is 34.2 Å². The van der Waals surface area contributed by atoms with Crippen LogP contribution < -0.4 is 4.90 Å². The Morgan fingerprint density at radius 2 is 1.92 bits per heavy atom. The van der Waals surface area contributed by atoms with Crippen LogP contribution in [0.3, 0.4) is 0 Å². The number of methoxy groups -OCH3 is 1. The maximum Gasteiger partial charge on any atom is 0.355 e. The zero-order valence-electron chi connectivity index (χ0n) is 13.2. The summed E-state index contributed by atoms with van der Waals surface area (Å²) < 4.78 is 4.57. The largest absolute Gasteiger partial charge is 0.464 e. The van der Waals surface area contributed by atoms with Gasteiger partial charge in [0.15, 0.2) is 11.8 Å². The van der Waals surface area contributed by atoms with Crippen LogP contribution in [-0.4, -0.2) is 41.8 Å². The maximum absolute atomic E-state index is 12.7. The molecule has 0 N–H and O–H groups in total. The number of rotatable bonds is 3. The Balaban J connectivity index is 2.05. The van der Waals surface area contributed by atoms with Crippen LogP contribution in [0.15, 0.2) is 28.6 Å². The Morgan fingerprint density at radius 1 is 1.21 bits per heavy atom. The topological polar surface area (TPSA) is 109 Å². The first-order chi connectivity index (χ1) is 11.4. The van der Waals surface area contributed by atoms with Crippen LogP contribution in [0.5, 0.6) is 0 Å². The van der Waals surface area contributed by atoms with Gasteiger partial charge in [-0.05, 0) is 37.1 Å². The van der Waals surface area contributed by atoms with Crippen molar-refractivity contribution in [2.75, 3.05) is 12.0 Å². The number of esters is 1. The molecule has 2 atom stereocenters. The molecule has 0 spiro atoms. The van der Waals surface area contributed by atoms with Crippen molar-refractivity contribution in [1.29, 1.82) is 0 Å². The average molecular weight is 330 g/mol. The van der Waals surface area contributed by atoms with E-state index in [2.05, 4.69) is 15.1 Å². The lowest BCUT2D eigenvalue weighted by atomic mass is 9.98. The summed E-state index contributed by atoms with van der Waals surface area (Å²) in [5, 5.41) is 6.83. The minimum absolute atomic E-state index is 0.299. The van der Waals surface area contributed by atoms with Gasteiger partial charge >= 0.3 is 5.97 Å². The first kappa shape index (κ1) is 15.8. The van der Waals surface area contributed by atoms with E-state index < -0.39 is 29.7 Å².